The zero-order valence-electron chi connectivity index (χ0n) is 15.5. The first kappa shape index (κ1) is 22.6. The fourth-order valence-corrected chi connectivity index (χ4v) is 4.51. The van der Waals surface area contributed by atoms with E-state index < -0.39 is 10.0 Å². The molecule has 11 heteroatoms. The number of carbonyl (C=O) groups excluding carboxylic acids is 2. The normalized spacial score (nSPS) is 18.8. The molecule has 2 aliphatic rings. The van der Waals surface area contributed by atoms with Gasteiger partial charge in [-0.05, 0) is 24.3 Å². The number of hydrogen-bond donors (Lipinski definition) is 3. The Labute approximate surface area is 171 Å². The summed E-state index contributed by atoms with van der Waals surface area (Å²) >= 11 is 0. The van der Waals surface area contributed by atoms with Crippen molar-refractivity contribution in [3.63, 3.8) is 0 Å². The molecule has 3 rings (SSSR count). The van der Waals surface area contributed by atoms with Crippen LogP contribution in [0.1, 0.15) is 10.4 Å². The molecule has 2 saturated heterocycles. The number of benzene rings is 1. The number of amides is 2. The zero-order chi connectivity index (χ0) is 19.3. The molecule has 0 bridgehead atoms. The number of rotatable bonds is 6. The van der Waals surface area contributed by atoms with E-state index in [2.05, 4.69) is 20.9 Å². The molecule has 2 fully saturated rings. The zero-order valence-corrected chi connectivity index (χ0v) is 17.2. The van der Waals surface area contributed by atoms with E-state index in [0.717, 1.165) is 37.0 Å². The summed E-state index contributed by atoms with van der Waals surface area (Å²) in [7, 11) is -3.74. The number of hydrogen-bond acceptors (Lipinski definition) is 6. The second-order valence-electron chi connectivity index (χ2n) is 6.56. The molecule has 2 amide bonds. The molecule has 0 unspecified atom stereocenters. The second-order valence-corrected chi connectivity index (χ2v) is 8.50. The topological polar surface area (TPSA) is 111 Å². The van der Waals surface area contributed by atoms with Gasteiger partial charge in [-0.1, -0.05) is 0 Å². The third-order valence-corrected chi connectivity index (χ3v) is 6.54. The molecule has 3 N–H and O–H groups in total. The molecular formula is C17H26ClN5O4S. The lowest BCUT2D eigenvalue weighted by molar-refractivity contribution is -0.122. The maximum Gasteiger partial charge on any atom is 0.251 e. The van der Waals surface area contributed by atoms with Crippen molar-refractivity contribution in [2.75, 3.05) is 58.9 Å². The van der Waals surface area contributed by atoms with Gasteiger partial charge in [0.15, 0.2) is 0 Å². The van der Waals surface area contributed by atoms with Crippen LogP contribution in [0.5, 0.6) is 0 Å². The molecule has 156 valence electrons. The van der Waals surface area contributed by atoms with Crippen LogP contribution in [0.2, 0.25) is 0 Å². The van der Waals surface area contributed by atoms with Gasteiger partial charge in [0.2, 0.25) is 15.9 Å². The molecule has 0 aliphatic carbocycles. The minimum Gasteiger partial charge on any atom is -0.354 e. The standard InChI is InChI=1S/C17H25N5O4S.ClH/c23-16-13-22(12-8-19-16)27(25,26)15-3-1-14(2-4-15)17(24)20-7-11-21-9-5-18-6-10-21;/h1-4,18H,5-13H2,(H,19,23)(H,20,24);1H. The van der Waals surface area contributed by atoms with Gasteiger partial charge in [0.1, 0.15) is 0 Å². The predicted octanol–water partition coefficient (Wildman–Crippen LogP) is -1.14. The van der Waals surface area contributed by atoms with Gasteiger partial charge in [-0.15, -0.1) is 12.4 Å². The summed E-state index contributed by atoms with van der Waals surface area (Å²) in [5.74, 6) is -0.545. The van der Waals surface area contributed by atoms with E-state index in [1.54, 1.807) is 0 Å². The van der Waals surface area contributed by atoms with Crippen molar-refractivity contribution in [2.45, 2.75) is 4.90 Å². The molecule has 2 heterocycles. The van der Waals surface area contributed by atoms with Crippen LogP contribution in [0.4, 0.5) is 0 Å². The molecule has 28 heavy (non-hydrogen) atoms. The van der Waals surface area contributed by atoms with E-state index in [9.17, 15) is 18.0 Å². The lowest BCUT2D eigenvalue weighted by Gasteiger charge is -2.27. The highest BCUT2D eigenvalue weighted by Crippen LogP contribution is 2.17. The number of piperazine rings is 2. The van der Waals surface area contributed by atoms with Crippen molar-refractivity contribution < 1.29 is 18.0 Å². The Bertz CT molecular complexity index is 781. The Morgan fingerprint density at radius 2 is 1.75 bits per heavy atom. The number of halogens is 1. The predicted molar refractivity (Wildman–Crippen MR) is 107 cm³/mol. The van der Waals surface area contributed by atoms with Crippen molar-refractivity contribution in [3.8, 4) is 0 Å². The molecule has 9 nitrogen and oxygen atoms in total. The Morgan fingerprint density at radius 1 is 1.07 bits per heavy atom. The Kier molecular flexibility index (Phi) is 8.20. The van der Waals surface area contributed by atoms with Gasteiger partial charge in [-0.3, -0.25) is 14.5 Å². The molecule has 0 radical (unpaired) electrons. The van der Waals surface area contributed by atoms with Crippen LogP contribution in [0.25, 0.3) is 0 Å². The summed E-state index contributed by atoms with van der Waals surface area (Å²) in [6.07, 6.45) is 0. The summed E-state index contributed by atoms with van der Waals surface area (Å²) < 4.78 is 26.3. The van der Waals surface area contributed by atoms with Crippen LogP contribution in [0.15, 0.2) is 29.2 Å². The van der Waals surface area contributed by atoms with Crippen LogP contribution in [-0.4, -0.2) is 88.3 Å². The second kappa shape index (κ2) is 10.2. The maximum atomic E-state index is 12.6. The van der Waals surface area contributed by atoms with Crippen LogP contribution in [-0.2, 0) is 14.8 Å². The maximum absolute atomic E-state index is 12.6. The van der Waals surface area contributed by atoms with E-state index in [-0.39, 0.29) is 42.2 Å². The molecule has 1 aromatic rings. The first-order valence-electron chi connectivity index (χ1n) is 9.05. The van der Waals surface area contributed by atoms with E-state index in [0.29, 0.717) is 18.7 Å². The fraction of sp³-hybridized carbons (Fsp3) is 0.529. The van der Waals surface area contributed by atoms with Crippen LogP contribution >= 0.6 is 12.4 Å². The Hall–Kier alpha value is -1.72. The molecule has 1 aromatic carbocycles. The summed E-state index contributed by atoms with van der Waals surface area (Å²) in [6.45, 7) is 5.54. The Balaban J connectivity index is 0.00000280. The SMILES string of the molecule is Cl.O=C1CN(S(=O)(=O)c2ccc(C(=O)NCCN3CCNCC3)cc2)CCN1. The van der Waals surface area contributed by atoms with Crippen LogP contribution in [0, 0.1) is 0 Å². The highest BCUT2D eigenvalue weighted by Gasteiger charge is 2.29. The van der Waals surface area contributed by atoms with Gasteiger partial charge in [0.05, 0.1) is 11.4 Å². The van der Waals surface area contributed by atoms with E-state index >= 15 is 0 Å². The highest BCUT2D eigenvalue weighted by molar-refractivity contribution is 7.89. The van der Waals surface area contributed by atoms with Gasteiger partial charge in [0, 0.05) is 57.9 Å². The summed E-state index contributed by atoms with van der Waals surface area (Å²) in [4.78, 5) is 26.0. The van der Waals surface area contributed by atoms with Crippen LogP contribution in [0.3, 0.4) is 0 Å². The summed E-state index contributed by atoms with van der Waals surface area (Å²) in [5, 5.41) is 8.74. The van der Waals surface area contributed by atoms with Gasteiger partial charge < -0.3 is 16.0 Å². The monoisotopic (exact) mass is 431 g/mol. The van der Waals surface area contributed by atoms with E-state index in [1.165, 1.54) is 24.3 Å². The highest BCUT2D eigenvalue weighted by atomic mass is 35.5. The molecule has 0 saturated carbocycles. The van der Waals surface area contributed by atoms with Crippen molar-refractivity contribution >= 4 is 34.2 Å². The quantitative estimate of drug-likeness (QED) is 0.525. The minimum absolute atomic E-state index is 0. The molecule has 0 spiro atoms. The summed E-state index contributed by atoms with van der Waals surface area (Å²) in [5.41, 5.74) is 0.408. The number of carbonyl (C=O) groups is 2. The van der Waals surface area contributed by atoms with Crippen molar-refractivity contribution in [3.05, 3.63) is 29.8 Å². The lowest BCUT2D eigenvalue weighted by atomic mass is 10.2. The first-order chi connectivity index (χ1) is 13.0. The average molecular weight is 432 g/mol. The van der Waals surface area contributed by atoms with Crippen LogP contribution < -0.4 is 16.0 Å². The van der Waals surface area contributed by atoms with Crippen molar-refractivity contribution in [2.24, 2.45) is 0 Å². The van der Waals surface area contributed by atoms with Gasteiger partial charge in [-0.25, -0.2) is 8.42 Å². The Morgan fingerprint density at radius 3 is 2.39 bits per heavy atom. The lowest BCUT2D eigenvalue weighted by Crippen LogP contribution is -2.49. The number of nitrogens with zero attached hydrogens (tertiary/aromatic N) is 2. The van der Waals surface area contributed by atoms with Gasteiger partial charge >= 0.3 is 0 Å². The van der Waals surface area contributed by atoms with Gasteiger partial charge in [0.25, 0.3) is 5.91 Å². The van der Waals surface area contributed by atoms with E-state index in [1.807, 2.05) is 0 Å². The molecule has 0 aromatic heterocycles. The fourth-order valence-electron chi connectivity index (χ4n) is 3.11. The number of sulfonamides is 1. The largest absolute Gasteiger partial charge is 0.354 e. The van der Waals surface area contributed by atoms with Gasteiger partial charge in [-0.2, -0.15) is 4.31 Å². The average Bonchev–Trinajstić information content (AvgIpc) is 2.69. The minimum atomic E-state index is -3.74. The molecular weight excluding hydrogens is 406 g/mol. The first-order valence-corrected chi connectivity index (χ1v) is 10.5. The van der Waals surface area contributed by atoms with Crippen molar-refractivity contribution in [1.82, 2.24) is 25.2 Å². The molecule has 0 atom stereocenters. The number of nitrogens with one attached hydrogen (secondary N) is 3. The smallest absolute Gasteiger partial charge is 0.251 e. The van der Waals surface area contributed by atoms with E-state index in [4.69, 9.17) is 0 Å². The third-order valence-electron chi connectivity index (χ3n) is 4.68. The molecule has 2 aliphatic heterocycles. The summed E-state index contributed by atoms with van der Waals surface area (Å²) in [6, 6.07) is 5.81. The third kappa shape index (κ3) is 5.65. The van der Waals surface area contributed by atoms with Crippen molar-refractivity contribution in [1.29, 1.82) is 0 Å².